The number of rotatable bonds is 3. The van der Waals surface area contributed by atoms with Gasteiger partial charge in [0, 0.05) is 11.8 Å². The summed E-state index contributed by atoms with van der Waals surface area (Å²) in [6.07, 6.45) is 7.74. The number of nitrogens with zero attached hydrogens (tertiary/aromatic N) is 3. The van der Waals surface area contributed by atoms with Gasteiger partial charge in [-0.1, -0.05) is 29.7 Å². The van der Waals surface area contributed by atoms with Crippen molar-refractivity contribution in [2.75, 3.05) is 6.54 Å². The summed E-state index contributed by atoms with van der Waals surface area (Å²) in [5, 5.41) is 9.65. The number of nitrogens with two attached hydrogens (primary N) is 1. The number of hydrogen-bond donors (Lipinski definition) is 2. The molecule has 2 aromatic rings. The van der Waals surface area contributed by atoms with Crippen molar-refractivity contribution in [3.05, 3.63) is 57.2 Å². The molecule has 1 aliphatic rings. The molecule has 25 heavy (non-hydrogen) atoms. The van der Waals surface area contributed by atoms with Gasteiger partial charge in [0.15, 0.2) is 10.4 Å². The first-order valence-electron chi connectivity index (χ1n) is 7.21. The summed E-state index contributed by atoms with van der Waals surface area (Å²) in [5.74, 6) is 2.09. The van der Waals surface area contributed by atoms with Gasteiger partial charge >= 0.3 is 0 Å². The number of halogens is 1. The van der Waals surface area contributed by atoms with Crippen LogP contribution in [0.15, 0.2) is 41.7 Å². The van der Waals surface area contributed by atoms with E-state index in [4.69, 9.17) is 23.8 Å². The van der Waals surface area contributed by atoms with Crippen LogP contribution in [0, 0.1) is 12.3 Å². The van der Waals surface area contributed by atoms with Crippen LogP contribution in [0.4, 0.5) is 0 Å². The van der Waals surface area contributed by atoms with E-state index >= 15 is 0 Å². The zero-order chi connectivity index (χ0) is 18.0. The summed E-state index contributed by atoms with van der Waals surface area (Å²) >= 11 is 7.14. The molecule has 0 aliphatic carbocycles. The molecule has 2 heterocycles. The highest BCUT2D eigenvalue weighted by Crippen LogP contribution is 2.33. The number of aliphatic imine (C=N–C) groups is 1. The molecule has 1 aliphatic heterocycles. The quantitative estimate of drug-likeness (QED) is 0.492. The van der Waals surface area contributed by atoms with Crippen molar-refractivity contribution in [3.63, 3.8) is 0 Å². The monoisotopic (exact) mass is 372 g/mol. The molecular formula is C17H13ClN4O2S. The molecule has 126 valence electrons. The smallest absolute Gasteiger partial charge is 0.264 e. The summed E-state index contributed by atoms with van der Waals surface area (Å²) in [4.78, 5) is 23.2. The van der Waals surface area contributed by atoms with Crippen LogP contribution >= 0.6 is 22.9 Å². The van der Waals surface area contributed by atoms with Crippen molar-refractivity contribution >= 4 is 40.4 Å². The van der Waals surface area contributed by atoms with E-state index in [2.05, 4.69) is 15.9 Å². The van der Waals surface area contributed by atoms with E-state index in [0.29, 0.717) is 22.1 Å². The number of benzene rings is 1. The molecule has 0 fully saturated rings. The van der Waals surface area contributed by atoms with Crippen molar-refractivity contribution < 1.29 is 9.90 Å². The number of hydrogen-bond acceptors (Lipinski definition) is 6. The first-order chi connectivity index (χ1) is 12.0. The van der Waals surface area contributed by atoms with Crippen molar-refractivity contribution in [2.24, 2.45) is 10.7 Å². The van der Waals surface area contributed by atoms with Crippen LogP contribution in [0.25, 0.3) is 5.57 Å². The third kappa shape index (κ3) is 3.22. The minimum Gasteiger partial charge on any atom is -0.515 e. The average molecular weight is 373 g/mol. The SMILES string of the molecule is C#Cc1cccc(C(=CO)C(=O)N2C(N)=NCC2c2cnc(Cl)s2)c1. The van der Waals surface area contributed by atoms with E-state index in [1.54, 1.807) is 30.5 Å². The van der Waals surface area contributed by atoms with E-state index in [0.717, 1.165) is 11.1 Å². The standard InChI is InChI=1S/C17H13ClN4O2S/c1-2-10-4-3-5-11(6-10)12(9-23)15(24)22-13(7-21-17(22)19)14-8-20-16(18)25-14/h1,3-6,8-9,13,23H,7H2,(H2,19,21). The fourth-order valence-corrected chi connectivity index (χ4v) is 3.58. The van der Waals surface area contributed by atoms with Gasteiger partial charge in [-0.3, -0.25) is 14.7 Å². The van der Waals surface area contributed by atoms with Gasteiger partial charge in [-0.25, -0.2) is 4.98 Å². The first-order valence-corrected chi connectivity index (χ1v) is 8.40. The Kier molecular flexibility index (Phi) is 4.74. The lowest BCUT2D eigenvalue weighted by molar-refractivity contribution is -0.122. The molecule has 0 saturated heterocycles. The van der Waals surface area contributed by atoms with Gasteiger partial charge in [-0.15, -0.1) is 17.8 Å². The van der Waals surface area contributed by atoms with Gasteiger partial charge in [0.1, 0.15) is 0 Å². The molecule has 3 N–H and O–H groups in total. The number of aromatic nitrogens is 1. The fraction of sp³-hybridized carbons (Fsp3) is 0.118. The highest BCUT2D eigenvalue weighted by Gasteiger charge is 2.36. The van der Waals surface area contributed by atoms with Gasteiger partial charge in [0.05, 0.1) is 29.3 Å². The third-order valence-corrected chi connectivity index (χ3v) is 4.94. The predicted molar refractivity (Wildman–Crippen MR) is 98.2 cm³/mol. The summed E-state index contributed by atoms with van der Waals surface area (Å²) < 4.78 is 0.368. The first kappa shape index (κ1) is 17.0. The second-order valence-electron chi connectivity index (χ2n) is 5.17. The number of aliphatic hydroxyl groups excluding tert-OH is 1. The van der Waals surface area contributed by atoms with Crippen LogP contribution in [0.2, 0.25) is 4.47 Å². The Labute approximate surface area is 153 Å². The largest absolute Gasteiger partial charge is 0.515 e. The minimum absolute atomic E-state index is 0.0674. The Hall–Kier alpha value is -2.82. The maximum Gasteiger partial charge on any atom is 0.264 e. The molecule has 1 aromatic carbocycles. The molecule has 6 nitrogen and oxygen atoms in total. The third-order valence-electron chi connectivity index (χ3n) is 3.73. The van der Waals surface area contributed by atoms with Crippen molar-refractivity contribution in [3.8, 4) is 12.3 Å². The highest BCUT2D eigenvalue weighted by molar-refractivity contribution is 7.15. The van der Waals surface area contributed by atoms with Gasteiger partial charge in [-0.05, 0) is 17.7 Å². The van der Waals surface area contributed by atoms with Crippen LogP contribution < -0.4 is 5.73 Å². The lowest BCUT2D eigenvalue weighted by Gasteiger charge is -2.24. The van der Waals surface area contributed by atoms with Crippen LogP contribution in [0.1, 0.15) is 22.0 Å². The van der Waals surface area contributed by atoms with Crippen molar-refractivity contribution in [2.45, 2.75) is 6.04 Å². The maximum atomic E-state index is 13.0. The summed E-state index contributed by atoms with van der Waals surface area (Å²) in [5.41, 5.74) is 7.06. The average Bonchev–Trinajstić information content (AvgIpc) is 3.21. The van der Waals surface area contributed by atoms with Gasteiger partial charge in [0.25, 0.3) is 5.91 Å². The van der Waals surface area contributed by atoms with E-state index in [-0.39, 0.29) is 11.5 Å². The summed E-state index contributed by atoms with van der Waals surface area (Å²) in [6.45, 7) is 0.305. The second kappa shape index (κ2) is 6.97. The molecule has 1 atom stereocenters. The molecule has 1 unspecified atom stereocenters. The van der Waals surface area contributed by atoms with E-state index in [9.17, 15) is 9.90 Å². The van der Waals surface area contributed by atoms with Crippen molar-refractivity contribution in [1.29, 1.82) is 0 Å². The molecular weight excluding hydrogens is 360 g/mol. The van der Waals surface area contributed by atoms with Crippen molar-refractivity contribution in [1.82, 2.24) is 9.88 Å². The van der Waals surface area contributed by atoms with Crippen LogP contribution in [0.5, 0.6) is 0 Å². The molecule has 0 bridgehead atoms. The van der Waals surface area contributed by atoms with E-state index < -0.39 is 11.9 Å². The molecule has 1 amide bonds. The maximum absolute atomic E-state index is 13.0. The lowest BCUT2D eigenvalue weighted by Crippen LogP contribution is -2.41. The number of aliphatic hydroxyl groups is 1. The number of terminal acetylenes is 1. The number of guanidine groups is 1. The summed E-state index contributed by atoms with van der Waals surface area (Å²) in [7, 11) is 0. The van der Waals surface area contributed by atoms with Gasteiger partial charge < -0.3 is 10.8 Å². The zero-order valence-corrected chi connectivity index (χ0v) is 14.5. The normalized spacial score (nSPS) is 17.3. The topological polar surface area (TPSA) is 91.8 Å². The number of carbonyl (C=O) groups excluding carboxylic acids is 1. The Bertz CT molecular complexity index is 929. The molecule has 3 rings (SSSR count). The molecule has 0 spiro atoms. The lowest BCUT2D eigenvalue weighted by atomic mass is 10.0. The molecule has 0 saturated carbocycles. The Morgan fingerprint density at radius 2 is 2.36 bits per heavy atom. The highest BCUT2D eigenvalue weighted by atomic mass is 35.5. The number of amides is 1. The number of thiazole rings is 1. The van der Waals surface area contributed by atoms with E-state index in [1.165, 1.54) is 16.2 Å². The van der Waals surface area contributed by atoms with Gasteiger partial charge in [-0.2, -0.15) is 0 Å². The molecule has 8 heteroatoms. The molecule has 0 radical (unpaired) electrons. The zero-order valence-electron chi connectivity index (χ0n) is 12.9. The number of carbonyl (C=O) groups is 1. The van der Waals surface area contributed by atoms with Gasteiger partial charge in [0.2, 0.25) is 0 Å². The van der Waals surface area contributed by atoms with E-state index in [1.807, 2.05) is 0 Å². The fourth-order valence-electron chi connectivity index (χ4n) is 2.54. The second-order valence-corrected chi connectivity index (χ2v) is 6.82. The Morgan fingerprint density at radius 1 is 1.56 bits per heavy atom. The van der Waals surface area contributed by atoms with Crippen LogP contribution in [0.3, 0.4) is 0 Å². The summed E-state index contributed by atoms with van der Waals surface area (Å²) in [6, 6.07) is 6.35. The van der Waals surface area contributed by atoms with Crippen LogP contribution in [-0.2, 0) is 4.79 Å². The minimum atomic E-state index is -0.482. The Balaban J connectivity index is 1.96. The predicted octanol–water partition coefficient (Wildman–Crippen LogP) is 2.57. The Morgan fingerprint density at radius 3 is 3.00 bits per heavy atom. The van der Waals surface area contributed by atoms with Crippen LogP contribution in [-0.4, -0.2) is 33.4 Å². The molecule has 1 aromatic heterocycles.